The van der Waals surface area contributed by atoms with Crippen LogP contribution in [0.25, 0.3) is 0 Å². The van der Waals surface area contributed by atoms with Crippen molar-refractivity contribution < 1.29 is 0 Å². The van der Waals surface area contributed by atoms with Gasteiger partial charge in [-0.2, -0.15) is 0 Å². The van der Waals surface area contributed by atoms with Crippen molar-refractivity contribution in [1.29, 1.82) is 0 Å². The van der Waals surface area contributed by atoms with E-state index in [1.54, 1.807) is 22.7 Å². The number of hydrogen-bond acceptors (Lipinski definition) is 2. The molecule has 0 amide bonds. The van der Waals surface area contributed by atoms with Crippen LogP contribution in [-0.2, 0) is 0 Å². The second-order valence-corrected chi connectivity index (χ2v) is 7.26. The normalized spacial score (nSPS) is 8.83. The van der Waals surface area contributed by atoms with Gasteiger partial charge in [0, 0.05) is 10.8 Å². The summed E-state index contributed by atoms with van der Waals surface area (Å²) in [6, 6.07) is 7.91. The minimum atomic E-state index is 1.30. The molecule has 2 aromatic rings. The topological polar surface area (TPSA) is 0 Å². The second kappa shape index (κ2) is 6.33. The van der Waals surface area contributed by atoms with Crippen LogP contribution in [0.2, 0.25) is 0 Å². The van der Waals surface area contributed by atoms with Gasteiger partial charge in [-0.05, 0) is 69.4 Å². The average Bonchev–Trinajstić information content (AvgIpc) is 2.63. The zero-order valence-electron chi connectivity index (χ0n) is 5.88. The number of thiophene rings is 2. The van der Waals surface area contributed by atoms with Gasteiger partial charge in [-0.15, -0.1) is 22.7 Å². The lowest BCUT2D eigenvalue weighted by atomic mass is 10.7. The third kappa shape index (κ3) is 4.78. The van der Waals surface area contributed by atoms with E-state index in [0.29, 0.717) is 0 Å². The Morgan fingerprint density at radius 2 is 1.33 bits per heavy atom. The molecule has 2 heterocycles. The first-order valence-corrected chi connectivity index (χ1v) is 6.81. The fourth-order valence-electron chi connectivity index (χ4n) is 0.448. The van der Waals surface area contributed by atoms with Crippen LogP contribution in [0.15, 0.2) is 24.3 Å². The fraction of sp³-hybridized carbons (Fsp3) is 0. The molecule has 2 aromatic heterocycles. The first kappa shape index (κ1) is 10.9. The van der Waals surface area contributed by atoms with Crippen molar-refractivity contribution in [2.24, 2.45) is 0 Å². The highest BCUT2D eigenvalue weighted by atomic mass is 127. The molecule has 0 saturated heterocycles. The molecule has 2 radical (unpaired) electrons. The standard InChI is InChI=1S/2C4H2IS/c2*5-4-2-1-3-6-4/h2*1-2H. The average molecular weight is 418 g/mol. The van der Waals surface area contributed by atoms with Gasteiger partial charge in [0.15, 0.2) is 0 Å². The van der Waals surface area contributed by atoms with E-state index < -0.39 is 0 Å². The Morgan fingerprint density at radius 3 is 1.42 bits per heavy atom. The van der Waals surface area contributed by atoms with Crippen molar-refractivity contribution in [3.63, 3.8) is 0 Å². The number of hydrogen-bond donors (Lipinski definition) is 0. The van der Waals surface area contributed by atoms with Crippen LogP contribution in [0.1, 0.15) is 0 Å². The summed E-state index contributed by atoms with van der Waals surface area (Å²) in [7, 11) is 0. The van der Waals surface area contributed by atoms with Gasteiger partial charge in [-0.1, -0.05) is 0 Å². The largest absolute Gasteiger partial charge is 0.128 e. The van der Waals surface area contributed by atoms with Gasteiger partial charge in [0.25, 0.3) is 0 Å². The van der Waals surface area contributed by atoms with Crippen LogP contribution in [0.4, 0.5) is 0 Å². The second-order valence-electron chi connectivity index (χ2n) is 1.71. The van der Waals surface area contributed by atoms with Crippen molar-refractivity contribution in [2.75, 3.05) is 0 Å². The quantitative estimate of drug-likeness (QED) is 0.560. The predicted octanol–water partition coefficient (Wildman–Crippen LogP) is 4.31. The maximum atomic E-state index is 2.96. The molecule has 0 aliphatic rings. The zero-order valence-corrected chi connectivity index (χ0v) is 11.8. The lowest BCUT2D eigenvalue weighted by Crippen LogP contribution is -1.38. The van der Waals surface area contributed by atoms with Gasteiger partial charge in [0.2, 0.25) is 0 Å². The molecule has 0 N–H and O–H groups in total. The maximum Gasteiger partial charge on any atom is 0.0660 e. The van der Waals surface area contributed by atoms with Gasteiger partial charge in [0.1, 0.15) is 0 Å². The van der Waals surface area contributed by atoms with Gasteiger partial charge in [-0.3, -0.25) is 0 Å². The monoisotopic (exact) mass is 418 g/mol. The highest BCUT2D eigenvalue weighted by molar-refractivity contribution is 14.1. The van der Waals surface area contributed by atoms with Crippen LogP contribution < -0.4 is 0 Å². The Morgan fingerprint density at radius 1 is 0.917 bits per heavy atom. The predicted molar refractivity (Wildman–Crippen MR) is 71.7 cm³/mol. The summed E-state index contributed by atoms with van der Waals surface area (Å²) < 4.78 is 2.60. The summed E-state index contributed by atoms with van der Waals surface area (Å²) in [5.41, 5.74) is 0. The first-order valence-electron chi connectivity index (χ1n) is 3.02. The summed E-state index contributed by atoms with van der Waals surface area (Å²) in [5.74, 6) is 0. The molecule has 0 nitrogen and oxygen atoms in total. The summed E-state index contributed by atoms with van der Waals surface area (Å²) in [6.07, 6.45) is 0. The molecule has 4 heteroatoms. The minimum Gasteiger partial charge on any atom is -0.128 e. The van der Waals surface area contributed by atoms with Crippen LogP contribution in [-0.4, -0.2) is 0 Å². The van der Waals surface area contributed by atoms with E-state index in [1.165, 1.54) is 5.77 Å². The molecule has 12 heavy (non-hydrogen) atoms. The first-order chi connectivity index (χ1) is 5.79. The highest BCUT2D eigenvalue weighted by Crippen LogP contribution is 2.09. The number of halogens is 2. The van der Waals surface area contributed by atoms with E-state index in [0.717, 1.165) is 0 Å². The van der Waals surface area contributed by atoms with Gasteiger partial charge >= 0.3 is 0 Å². The van der Waals surface area contributed by atoms with E-state index >= 15 is 0 Å². The van der Waals surface area contributed by atoms with Crippen molar-refractivity contribution in [1.82, 2.24) is 0 Å². The van der Waals surface area contributed by atoms with Crippen molar-refractivity contribution in [2.45, 2.75) is 0 Å². The molecule has 2 rings (SSSR count). The SMILES string of the molecule is Ic1cc[c]s1.Ic1cc[c]s1. The molecule has 0 bridgehead atoms. The molecular formula is C8H4I2S2. The maximum absolute atomic E-state index is 2.96. The Hall–Kier alpha value is 0.860. The Balaban J connectivity index is 0.000000120. The lowest BCUT2D eigenvalue weighted by Gasteiger charge is -1.62. The van der Waals surface area contributed by atoms with E-state index in [-0.39, 0.29) is 0 Å². The lowest BCUT2D eigenvalue weighted by molar-refractivity contribution is 1.96. The molecule has 0 aliphatic heterocycles. The van der Waals surface area contributed by atoms with E-state index in [9.17, 15) is 0 Å². The third-order valence-corrected chi connectivity index (χ3v) is 4.09. The van der Waals surface area contributed by atoms with E-state index in [4.69, 9.17) is 0 Å². The Labute approximate surface area is 107 Å². The summed E-state index contributed by atoms with van der Waals surface area (Å²) >= 11 is 7.80. The minimum absolute atomic E-state index is 1.30. The highest BCUT2D eigenvalue weighted by Gasteiger charge is 1.78. The van der Waals surface area contributed by atoms with Crippen LogP contribution >= 0.6 is 67.9 Å². The van der Waals surface area contributed by atoms with Gasteiger partial charge in [0.05, 0.1) is 5.77 Å². The van der Waals surface area contributed by atoms with E-state index in [2.05, 4.69) is 55.9 Å². The third-order valence-electron chi connectivity index (χ3n) is 0.878. The summed E-state index contributed by atoms with van der Waals surface area (Å²) in [6.45, 7) is 0. The van der Waals surface area contributed by atoms with Crippen LogP contribution in [0.5, 0.6) is 0 Å². The van der Waals surface area contributed by atoms with Crippen LogP contribution in [0.3, 0.4) is 0 Å². The molecule has 0 aliphatic carbocycles. The molecule has 0 spiro atoms. The Bertz CT molecular complexity index is 254. The van der Waals surface area contributed by atoms with Gasteiger partial charge < -0.3 is 0 Å². The summed E-state index contributed by atoms with van der Waals surface area (Å²) in [4.78, 5) is 0. The molecule has 62 valence electrons. The van der Waals surface area contributed by atoms with Crippen molar-refractivity contribution in [3.05, 3.63) is 40.8 Å². The molecule has 0 aromatic carbocycles. The zero-order chi connectivity index (χ0) is 8.81. The molecule has 0 saturated carbocycles. The Kier molecular flexibility index (Phi) is 5.77. The molecule has 0 unspecified atom stereocenters. The molecule has 0 atom stereocenters. The van der Waals surface area contributed by atoms with Crippen molar-refractivity contribution in [3.8, 4) is 0 Å². The molecule has 0 fully saturated rings. The van der Waals surface area contributed by atoms with Crippen molar-refractivity contribution >= 4 is 67.9 Å². The smallest absolute Gasteiger partial charge is 0.0660 e. The van der Waals surface area contributed by atoms with E-state index in [1.807, 2.05) is 24.3 Å². The number of rotatable bonds is 0. The summed E-state index contributed by atoms with van der Waals surface area (Å²) in [5, 5.41) is 5.93. The van der Waals surface area contributed by atoms with Crippen LogP contribution in [0, 0.1) is 16.5 Å². The molecular weight excluding hydrogens is 414 g/mol. The fourth-order valence-corrected chi connectivity index (χ4v) is 2.34. The van der Waals surface area contributed by atoms with Gasteiger partial charge in [-0.25, -0.2) is 0 Å².